The van der Waals surface area contributed by atoms with E-state index in [9.17, 15) is 19.8 Å². The number of aryl methyl sites for hydroxylation is 1. The summed E-state index contributed by atoms with van der Waals surface area (Å²) in [6.07, 6.45) is -3.32. The summed E-state index contributed by atoms with van der Waals surface area (Å²) in [5.74, 6) is 0.0820. The first-order chi connectivity index (χ1) is 10.8. The Bertz CT molecular complexity index is 873. The fourth-order valence-electron chi connectivity index (χ4n) is 2.71. The summed E-state index contributed by atoms with van der Waals surface area (Å²) in [5.41, 5.74) is 0.0765. The number of aliphatic hydroxyl groups is 3. The molecule has 23 heavy (non-hydrogen) atoms. The van der Waals surface area contributed by atoms with Crippen molar-refractivity contribution in [3.05, 3.63) is 43.7 Å². The molecule has 3 rings (SSSR count). The van der Waals surface area contributed by atoms with Crippen molar-refractivity contribution in [3.8, 4) is 0 Å². The van der Waals surface area contributed by atoms with Gasteiger partial charge < -0.3 is 20.1 Å². The van der Waals surface area contributed by atoms with E-state index in [0.29, 0.717) is 11.3 Å². The van der Waals surface area contributed by atoms with Crippen molar-refractivity contribution in [2.45, 2.75) is 38.3 Å². The summed E-state index contributed by atoms with van der Waals surface area (Å²) in [6.45, 7) is 2.85. The molecular weight excluding hydrogens is 306 g/mol. The molecule has 0 bridgehead atoms. The van der Waals surface area contributed by atoms with Crippen LogP contribution in [0.5, 0.6) is 0 Å². The van der Waals surface area contributed by atoms with E-state index in [1.165, 1.54) is 10.6 Å². The van der Waals surface area contributed by atoms with Crippen LogP contribution in [0.3, 0.4) is 0 Å². The van der Waals surface area contributed by atoms with Crippen LogP contribution < -0.4 is 11.1 Å². The molecule has 1 fully saturated rings. The minimum atomic E-state index is -1.36. The van der Waals surface area contributed by atoms with Gasteiger partial charge in [-0.15, -0.1) is 0 Å². The zero-order valence-electron chi connectivity index (χ0n) is 12.6. The molecule has 0 spiro atoms. The highest BCUT2D eigenvalue weighted by atomic mass is 16.6. The SMILES string of the molecule is Cc1c(C)n2cc(C3OC(CO)C(O)C3O)c(=O)nc2[nH]c1=O. The van der Waals surface area contributed by atoms with E-state index in [0.717, 1.165) is 0 Å². The van der Waals surface area contributed by atoms with Gasteiger partial charge in [0.25, 0.3) is 11.1 Å². The van der Waals surface area contributed by atoms with Crippen molar-refractivity contribution in [1.82, 2.24) is 14.4 Å². The van der Waals surface area contributed by atoms with Gasteiger partial charge in [0.1, 0.15) is 24.4 Å². The maximum atomic E-state index is 12.2. The lowest BCUT2D eigenvalue weighted by molar-refractivity contribution is -0.0232. The van der Waals surface area contributed by atoms with Gasteiger partial charge in [-0.1, -0.05) is 0 Å². The summed E-state index contributed by atoms with van der Waals surface area (Å²) in [6, 6.07) is 0. The molecule has 0 radical (unpaired) electrons. The molecule has 0 saturated carbocycles. The van der Waals surface area contributed by atoms with E-state index in [4.69, 9.17) is 9.84 Å². The predicted molar refractivity (Wildman–Crippen MR) is 78.3 cm³/mol. The van der Waals surface area contributed by atoms with Gasteiger partial charge in [0.2, 0.25) is 5.78 Å². The largest absolute Gasteiger partial charge is 0.394 e. The Labute approximate surface area is 129 Å². The number of aromatic amines is 1. The number of rotatable bonds is 2. The highest BCUT2D eigenvalue weighted by Crippen LogP contribution is 2.31. The van der Waals surface area contributed by atoms with Crippen molar-refractivity contribution >= 4 is 5.78 Å². The second kappa shape index (κ2) is 5.53. The molecule has 1 aliphatic rings. The molecule has 4 unspecified atom stereocenters. The Kier molecular flexibility index (Phi) is 3.80. The van der Waals surface area contributed by atoms with Crippen molar-refractivity contribution in [2.24, 2.45) is 0 Å². The van der Waals surface area contributed by atoms with E-state index >= 15 is 0 Å². The van der Waals surface area contributed by atoms with E-state index in [2.05, 4.69) is 9.97 Å². The number of nitrogens with one attached hydrogen (secondary N) is 1. The van der Waals surface area contributed by atoms with Gasteiger partial charge in [0.05, 0.1) is 12.2 Å². The van der Waals surface area contributed by atoms with E-state index in [1.54, 1.807) is 13.8 Å². The number of hydrogen-bond donors (Lipinski definition) is 4. The quantitative estimate of drug-likeness (QED) is 0.509. The number of ether oxygens (including phenoxy) is 1. The Hall–Kier alpha value is -2.07. The van der Waals surface area contributed by atoms with Crippen LogP contribution >= 0.6 is 0 Å². The van der Waals surface area contributed by atoms with Gasteiger partial charge in [0, 0.05) is 17.5 Å². The monoisotopic (exact) mass is 323 g/mol. The molecule has 4 atom stereocenters. The number of fused-ring (bicyclic) bond motifs is 1. The van der Waals surface area contributed by atoms with Crippen molar-refractivity contribution in [3.63, 3.8) is 0 Å². The maximum Gasteiger partial charge on any atom is 0.280 e. The van der Waals surface area contributed by atoms with Gasteiger partial charge in [-0.3, -0.25) is 19.0 Å². The first-order valence-electron chi connectivity index (χ1n) is 7.10. The van der Waals surface area contributed by atoms with Crippen molar-refractivity contribution < 1.29 is 20.1 Å². The molecule has 1 aliphatic heterocycles. The second-order valence-corrected chi connectivity index (χ2v) is 5.62. The molecular formula is C14H17N3O6. The van der Waals surface area contributed by atoms with Gasteiger partial charge >= 0.3 is 0 Å². The van der Waals surface area contributed by atoms with Crippen LogP contribution in [0.2, 0.25) is 0 Å². The molecule has 0 amide bonds. The summed E-state index contributed by atoms with van der Waals surface area (Å²) in [4.78, 5) is 30.3. The standard InChI is InChI=1S/C14H17N3O6/c1-5-6(2)17-3-7(13(22)16-14(17)15-12(5)21)11-10(20)9(19)8(4-18)23-11/h3,8-11,18-20H,4H2,1-2H3,(H,15,16,21,22). The van der Waals surface area contributed by atoms with Gasteiger partial charge in [0.15, 0.2) is 0 Å². The first kappa shape index (κ1) is 15.8. The molecule has 1 saturated heterocycles. The third kappa shape index (κ3) is 2.38. The van der Waals surface area contributed by atoms with Crippen LogP contribution in [-0.2, 0) is 4.74 Å². The molecule has 9 heteroatoms. The lowest BCUT2D eigenvalue weighted by Crippen LogP contribution is -2.33. The van der Waals surface area contributed by atoms with Crippen LogP contribution in [-0.4, -0.2) is 54.6 Å². The Morgan fingerprint density at radius 2 is 2.00 bits per heavy atom. The van der Waals surface area contributed by atoms with E-state index < -0.39 is 36.6 Å². The topological polar surface area (TPSA) is 137 Å². The Morgan fingerprint density at radius 3 is 2.61 bits per heavy atom. The molecule has 2 aromatic rings. The van der Waals surface area contributed by atoms with Gasteiger partial charge in [-0.05, 0) is 13.8 Å². The molecule has 124 valence electrons. The zero-order valence-corrected chi connectivity index (χ0v) is 12.6. The van der Waals surface area contributed by atoms with Gasteiger partial charge in [-0.2, -0.15) is 4.98 Å². The van der Waals surface area contributed by atoms with Crippen LogP contribution in [0.1, 0.15) is 22.9 Å². The molecule has 0 aromatic carbocycles. The maximum absolute atomic E-state index is 12.2. The zero-order chi connectivity index (χ0) is 16.9. The number of aromatic nitrogens is 3. The van der Waals surface area contributed by atoms with Crippen LogP contribution in [0.15, 0.2) is 15.8 Å². The highest BCUT2D eigenvalue weighted by Gasteiger charge is 2.44. The molecule has 4 N–H and O–H groups in total. The Morgan fingerprint density at radius 1 is 1.30 bits per heavy atom. The van der Waals surface area contributed by atoms with Crippen molar-refractivity contribution in [1.29, 1.82) is 0 Å². The summed E-state index contributed by atoms with van der Waals surface area (Å²) in [5, 5.41) is 29.0. The molecule has 0 aliphatic carbocycles. The predicted octanol–water partition coefficient (Wildman–Crippen LogP) is -1.85. The number of aliphatic hydroxyl groups excluding tert-OH is 3. The third-order valence-corrected chi connectivity index (χ3v) is 4.27. The molecule has 2 aromatic heterocycles. The second-order valence-electron chi connectivity index (χ2n) is 5.62. The first-order valence-corrected chi connectivity index (χ1v) is 7.10. The minimum Gasteiger partial charge on any atom is -0.394 e. The van der Waals surface area contributed by atoms with E-state index in [-0.39, 0.29) is 16.9 Å². The van der Waals surface area contributed by atoms with Crippen LogP contribution in [0.25, 0.3) is 5.78 Å². The highest BCUT2D eigenvalue weighted by molar-refractivity contribution is 5.35. The fourth-order valence-corrected chi connectivity index (χ4v) is 2.71. The summed E-state index contributed by atoms with van der Waals surface area (Å²) < 4.78 is 6.89. The number of H-pyrrole nitrogens is 1. The normalized spacial score (nSPS) is 27.7. The third-order valence-electron chi connectivity index (χ3n) is 4.27. The summed E-state index contributed by atoms with van der Waals surface area (Å²) >= 11 is 0. The molecule has 3 heterocycles. The Balaban J connectivity index is 2.18. The fraction of sp³-hybridized carbons (Fsp3) is 0.500. The lowest BCUT2D eigenvalue weighted by Gasteiger charge is -2.15. The minimum absolute atomic E-state index is 0.0412. The number of nitrogens with zero attached hydrogens (tertiary/aromatic N) is 2. The summed E-state index contributed by atoms with van der Waals surface area (Å²) in [7, 11) is 0. The number of hydrogen-bond acceptors (Lipinski definition) is 7. The van der Waals surface area contributed by atoms with Crippen molar-refractivity contribution in [2.75, 3.05) is 6.61 Å². The average molecular weight is 323 g/mol. The smallest absolute Gasteiger partial charge is 0.280 e. The lowest BCUT2D eigenvalue weighted by atomic mass is 10.0. The van der Waals surface area contributed by atoms with Crippen LogP contribution in [0, 0.1) is 13.8 Å². The van der Waals surface area contributed by atoms with Gasteiger partial charge in [-0.25, -0.2) is 0 Å². The average Bonchev–Trinajstić information content (AvgIpc) is 2.80. The molecule has 9 nitrogen and oxygen atoms in total. The van der Waals surface area contributed by atoms with E-state index in [1.807, 2.05) is 0 Å². The van der Waals surface area contributed by atoms with Crippen LogP contribution in [0.4, 0.5) is 0 Å².